The molecule has 0 spiro atoms. The fraction of sp³-hybridized carbons (Fsp3) is 0.154. The van der Waals surface area contributed by atoms with Gasteiger partial charge in [-0.2, -0.15) is 0 Å². The van der Waals surface area contributed by atoms with Gasteiger partial charge in [0.05, 0.1) is 30.7 Å². The molecule has 0 bridgehead atoms. The second kappa shape index (κ2) is 8.61. The lowest BCUT2D eigenvalue weighted by molar-refractivity contribution is 0.0971. The fourth-order valence-electron chi connectivity index (χ4n) is 4.26. The summed E-state index contributed by atoms with van der Waals surface area (Å²) < 4.78 is 31.8. The Bertz CT molecular complexity index is 1480. The third kappa shape index (κ3) is 3.54. The van der Waals surface area contributed by atoms with Crippen molar-refractivity contribution in [3.05, 3.63) is 98.1 Å². The Kier molecular flexibility index (Phi) is 5.61. The lowest BCUT2D eigenvalue weighted by Crippen LogP contribution is -2.29. The lowest BCUT2D eigenvalue weighted by Gasteiger charge is -2.26. The minimum absolute atomic E-state index is 0.0649. The van der Waals surface area contributed by atoms with Crippen molar-refractivity contribution in [2.45, 2.75) is 13.0 Å². The molecule has 5 rings (SSSR count). The van der Waals surface area contributed by atoms with Crippen LogP contribution in [0.5, 0.6) is 11.5 Å². The monoisotopic (exact) mass is 523 g/mol. The first kappa shape index (κ1) is 22.2. The summed E-state index contributed by atoms with van der Waals surface area (Å²) in [4.78, 5) is 28.7. The third-order valence-corrected chi connectivity index (χ3v) is 6.27. The smallest absolute Gasteiger partial charge is 0.295 e. The molecular weight excluding hydrogens is 505 g/mol. The maximum absolute atomic E-state index is 14.0. The number of fused-ring (bicyclic) bond motifs is 2. The summed E-state index contributed by atoms with van der Waals surface area (Å²) in [5, 5.41) is 0.0760. The van der Waals surface area contributed by atoms with E-state index < -0.39 is 23.2 Å². The second-order valence-corrected chi connectivity index (χ2v) is 8.63. The van der Waals surface area contributed by atoms with Crippen molar-refractivity contribution in [2.24, 2.45) is 0 Å². The van der Waals surface area contributed by atoms with Crippen molar-refractivity contribution in [1.82, 2.24) is 0 Å². The van der Waals surface area contributed by atoms with E-state index in [-0.39, 0.29) is 22.3 Å². The van der Waals surface area contributed by atoms with Gasteiger partial charge >= 0.3 is 0 Å². The maximum Gasteiger partial charge on any atom is 0.295 e. The van der Waals surface area contributed by atoms with Gasteiger partial charge in [-0.25, -0.2) is 4.39 Å². The van der Waals surface area contributed by atoms with Crippen LogP contribution in [0.2, 0.25) is 0 Å². The highest BCUT2D eigenvalue weighted by Gasteiger charge is 2.44. The Morgan fingerprint density at radius 3 is 2.50 bits per heavy atom. The highest BCUT2D eigenvalue weighted by Crippen LogP contribution is 2.43. The van der Waals surface area contributed by atoms with Gasteiger partial charge in [0.2, 0.25) is 5.76 Å². The molecule has 0 fully saturated rings. The van der Waals surface area contributed by atoms with E-state index in [1.165, 1.54) is 24.1 Å². The van der Waals surface area contributed by atoms with E-state index in [4.69, 9.17) is 13.9 Å². The van der Waals surface area contributed by atoms with Crippen molar-refractivity contribution in [3.63, 3.8) is 0 Å². The van der Waals surface area contributed by atoms with Crippen molar-refractivity contribution in [1.29, 1.82) is 0 Å². The van der Waals surface area contributed by atoms with Crippen LogP contribution >= 0.6 is 15.9 Å². The SMILES string of the molecule is CCOc1ccc(C2c3c(oc4ccc(F)cc4c3=O)C(=O)N2c2ccc(Br)cc2)cc1OC. The van der Waals surface area contributed by atoms with Gasteiger partial charge in [0.15, 0.2) is 16.9 Å². The summed E-state index contributed by atoms with van der Waals surface area (Å²) >= 11 is 3.41. The molecule has 1 aliphatic rings. The highest BCUT2D eigenvalue weighted by atomic mass is 79.9. The Morgan fingerprint density at radius 1 is 1.03 bits per heavy atom. The van der Waals surface area contributed by atoms with E-state index in [1.807, 2.05) is 19.1 Å². The van der Waals surface area contributed by atoms with Gasteiger partial charge < -0.3 is 13.9 Å². The average molecular weight is 524 g/mol. The van der Waals surface area contributed by atoms with Crippen LogP contribution in [0.1, 0.15) is 34.6 Å². The molecule has 1 unspecified atom stereocenters. The zero-order valence-corrected chi connectivity index (χ0v) is 19.9. The molecule has 0 radical (unpaired) electrons. The number of nitrogens with zero attached hydrogens (tertiary/aromatic N) is 1. The zero-order valence-electron chi connectivity index (χ0n) is 18.3. The molecule has 2 heterocycles. The van der Waals surface area contributed by atoms with Crippen molar-refractivity contribution in [2.75, 3.05) is 18.6 Å². The van der Waals surface area contributed by atoms with Gasteiger partial charge in [-0.05, 0) is 67.1 Å². The molecule has 0 aliphatic carbocycles. The lowest BCUT2D eigenvalue weighted by atomic mass is 9.97. The number of amides is 1. The van der Waals surface area contributed by atoms with Gasteiger partial charge in [-0.1, -0.05) is 22.0 Å². The van der Waals surface area contributed by atoms with Gasteiger partial charge in [0, 0.05) is 10.2 Å². The predicted molar refractivity (Wildman–Crippen MR) is 129 cm³/mol. The summed E-state index contributed by atoms with van der Waals surface area (Å²) in [6, 6.07) is 15.3. The molecule has 1 aliphatic heterocycles. The van der Waals surface area contributed by atoms with E-state index in [0.29, 0.717) is 29.4 Å². The number of ether oxygens (including phenoxy) is 2. The average Bonchev–Trinajstić information content (AvgIpc) is 3.13. The Balaban J connectivity index is 1.78. The topological polar surface area (TPSA) is 69.0 Å². The first-order chi connectivity index (χ1) is 16.4. The molecule has 172 valence electrons. The number of anilines is 1. The zero-order chi connectivity index (χ0) is 24.0. The predicted octanol–water partition coefficient (Wildman–Crippen LogP) is 5.85. The molecule has 8 heteroatoms. The number of benzene rings is 3. The highest BCUT2D eigenvalue weighted by molar-refractivity contribution is 9.10. The molecule has 0 saturated carbocycles. The molecule has 1 aromatic heterocycles. The van der Waals surface area contributed by atoms with Crippen LogP contribution in [0.25, 0.3) is 11.0 Å². The third-order valence-electron chi connectivity index (χ3n) is 5.74. The quantitative estimate of drug-likeness (QED) is 0.328. The molecule has 3 aromatic carbocycles. The number of methoxy groups -OCH3 is 1. The first-order valence-corrected chi connectivity index (χ1v) is 11.4. The minimum Gasteiger partial charge on any atom is -0.493 e. The van der Waals surface area contributed by atoms with E-state index in [2.05, 4.69) is 15.9 Å². The Hall–Kier alpha value is -3.65. The largest absolute Gasteiger partial charge is 0.493 e. The number of halogens is 2. The van der Waals surface area contributed by atoms with E-state index in [1.54, 1.807) is 30.3 Å². The number of hydrogen-bond donors (Lipinski definition) is 0. The molecule has 4 aromatic rings. The molecule has 34 heavy (non-hydrogen) atoms. The molecule has 1 amide bonds. The summed E-state index contributed by atoms with van der Waals surface area (Å²) in [5.74, 6) is -0.0789. The van der Waals surface area contributed by atoms with Crippen LogP contribution in [-0.4, -0.2) is 19.6 Å². The van der Waals surface area contributed by atoms with Crippen LogP contribution in [0.3, 0.4) is 0 Å². The summed E-state index contributed by atoms with van der Waals surface area (Å²) in [5.41, 5.74) is 1.04. The van der Waals surface area contributed by atoms with Crippen LogP contribution in [-0.2, 0) is 0 Å². The fourth-order valence-corrected chi connectivity index (χ4v) is 4.52. The van der Waals surface area contributed by atoms with Crippen LogP contribution in [0.4, 0.5) is 10.1 Å². The number of carbonyl (C=O) groups excluding carboxylic acids is 1. The summed E-state index contributed by atoms with van der Waals surface area (Å²) in [7, 11) is 1.52. The number of rotatable bonds is 5. The van der Waals surface area contributed by atoms with E-state index in [9.17, 15) is 14.0 Å². The molecular formula is C26H19BrFNO5. The van der Waals surface area contributed by atoms with E-state index >= 15 is 0 Å². The molecule has 0 N–H and O–H groups in total. The maximum atomic E-state index is 14.0. The molecule has 1 atom stereocenters. The molecule has 6 nitrogen and oxygen atoms in total. The van der Waals surface area contributed by atoms with Gasteiger partial charge in [-0.3, -0.25) is 14.5 Å². The summed E-state index contributed by atoms with van der Waals surface area (Å²) in [6.07, 6.45) is 0. The van der Waals surface area contributed by atoms with Gasteiger partial charge in [0.25, 0.3) is 5.91 Å². The first-order valence-electron chi connectivity index (χ1n) is 10.6. The van der Waals surface area contributed by atoms with Gasteiger partial charge in [0.1, 0.15) is 11.4 Å². The Morgan fingerprint density at radius 2 is 1.79 bits per heavy atom. The van der Waals surface area contributed by atoms with Crippen LogP contribution < -0.4 is 19.8 Å². The second-order valence-electron chi connectivity index (χ2n) is 7.71. The summed E-state index contributed by atoms with van der Waals surface area (Å²) in [6.45, 7) is 2.32. The van der Waals surface area contributed by atoms with Crippen LogP contribution in [0, 0.1) is 5.82 Å². The minimum atomic E-state index is -0.808. The number of hydrogen-bond acceptors (Lipinski definition) is 5. The molecule has 0 saturated heterocycles. The standard InChI is InChI=1S/C26H19BrFNO5/c1-3-33-20-10-4-14(12-21(20)32-2)23-22-24(30)18-13-16(28)7-11-19(18)34-25(22)26(31)29(23)17-8-5-15(27)6-9-17/h4-13,23H,3H2,1-2H3. The Labute approximate surface area is 202 Å². The van der Waals surface area contributed by atoms with Crippen molar-refractivity contribution < 1.29 is 23.1 Å². The van der Waals surface area contributed by atoms with E-state index in [0.717, 1.165) is 10.5 Å². The van der Waals surface area contributed by atoms with Crippen molar-refractivity contribution in [3.8, 4) is 11.5 Å². The van der Waals surface area contributed by atoms with Gasteiger partial charge in [-0.15, -0.1) is 0 Å². The number of carbonyl (C=O) groups is 1. The van der Waals surface area contributed by atoms with Crippen molar-refractivity contribution >= 4 is 38.5 Å². The normalized spacial score (nSPS) is 15.0. The van der Waals surface area contributed by atoms with Crippen LogP contribution in [0.15, 0.2) is 74.3 Å².